The smallest absolute Gasteiger partial charge is 0.240 e. The lowest BCUT2D eigenvalue weighted by Crippen LogP contribution is -2.50. The van der Waals surface area contributed by atoms with Crippen LogP contribution in [0.25, 0.3) is 0 Å². The van der Waals surface area contributed by atoms with Crippen LogP contribution in [0.4, 0.5) is 5.69 Å². The Kier molecular flexibility index (Phi) is 3.27. The Morgan fingerprint density at radius 1 is 0.793 bits per heavy atom. The van der Waals surface area contributed by atoms with Crippen LogP contribution in [0.15, 0.2) is 72.8 Å². The molecule has 0 radical (unpaired) electrons. The zero-order valence-electron chi connectivity index (χ0n) is 15.8. The lowest BCUT2D eigenvalue weighted by atomic mass is 9.54. The molecule has 0 unspecified atom stereocenters. The average molecular weight is 400 g/mol. The second kappa shape index (κ2) is 5.58. The van der Waals surface area contributed by atoms with Crippen LogP contribution in [-0.4, -0.2) is 11.8 Å². The molecule has 4 aliphatic rings. The summed E-state index contributed by atoms with van der Waals surface area (Å²) >= 11 is 7.40. The molecule has 1 aliphatic heterocycles. The van der Waals surface area contributed by atoms with Crippen LogP contribution >= 0.6 is 11.6 Å². The predicted octanol–water partition coefficient (Wildman–Crippen LogP) is 4.74. The van der Waals surface area contributed by atoms with Crippen LogP contribution < -0.4 is 4.90 Å². The van der Waals surface area contributed by atoms with Gasteiger partial charge in [0, 0.05) is 5.92 Å². The highest BCUT2D eigenvalue weighted by Gasteiger charge is 2.67. The summed E-state index contributed by atoms with van der Waals surface area (Å²) in [6.45, 7) is 1.98. The third-order valence-corrected chi connectivity index (χ3v) is 7.45. The molecule has 1 heterocycles. The summed E-state index contributed by atoms with van der Waals surface area (Å²) in [5, 5.41) is 0. The average Bonchev–Trinajstić information content (AvgIpc) is 3.01. The van der Waals surface area contributed by atoms with Gasteiger partial charge in [-0.15, -0.1) is 11.6 Å². The number of nitrogens with zero attached hydrogens (tertiary/aromatic N) is 1. The predicted molar refractivity (Wildman–Crippen MR) is 112 cm³/mol. The van der Waals surface area contributed by atoms with E-state index in [9.17, 15) is 9.59 Å². The quantitative estimate of drug-likeness (QED) is 0.437. The van der Waals surface area contributed by atoms with Gasteiger partial charge in [0.25, 0.3) is 0 Å². The van der Waals surface area contributed by atoms with Crippen LogP contribution in [0.1, 0.15) is 33.7 Å². The Labute approximate surface area is 173 Å². The number of carbonyl (C=O) groups is 2. The van der Waals surface area contributed by atoms with Gasteiger partial charge in [0.15, 0.2) is 0 Å². The van der Waals surface area contributed by atoms with Crippen molar-refractivity contribution >= 4 is 29.1 Å². The van der Waals surface area contributed by atoms with Crippen molar-refractivity contribution in [2.75, 3.05) is 4.90 Å². The van der Waals surface area contributed by atoms with E-state index < -0.39 is 16.7 Å². The Balaban J connectivity index is 1.61. The first-order valence-corrected chi connectivity index (χ1v) is 10.2. The highest BCUT2D eigenvalue weighted by molar-refractivity contribution is 6.33. The van der Waals surface area contributed by atoms with E-state index in [4.69, 9.17) is 11.6 Å². The van der Waals surface area contributed by atoms with E-state index in [0.29, 0.717) is 5.69 Å². The highest BCUT2D eigenvalue weighted by atomic mass is 35.5. The molecule has 1 fully saturated rings. The lowest BCUT2D eigenvalue weighted by molar-refractivity contribution is -0.122. The Hall–Kier alpha value is -2.91. The maximum Gasteiger partial charge on any atom is 0.240 e. The second-order valence-corrected chi connectivity index (χ2v) is 8.81. The number of imide groups is 1. The molecule has 0 saturated carbocycles. The SMILES string of the molecule is Cc1ccc(N2C(=O)[C@@H]3[C@@H](C2=O)C2c4ccccc4C3(Cl)c3ccccc32)cc1. The molecule has 2 bridgehead atoms. The number of aryl methyl sites for hydroxylation is 1. The summed E-state index contributed by atoms with van der Waals surface area (Å²) in [5.74, 6) is -1.59. The molecule has 0 spiro atoms. The number of rotatable bonds is 1. The third-order valence-electron chi connectivity index (χ3n) is 6.81. The van der Waals surface area contributed by atoms with Crippen molar-refractivity contribution in [2.45, 2.75) is 17.7 Å². The minimum atomic E-state index is -1.03. The maximum atomic E-state index is 13.7. The molecular formula is C25H18ClNO2. The topological polar surface area (TPSA) is 37.4 Å². The molecule has 3 aromatic carbocycles. The molecule has 0 N–H and O–H groups in total. The fourth-order valence-electron chi connectivity index (χ4n) is 5.63. The van der Waals surface area contributed by atoms with Gasteiger partial charge in [-0.25, -0.2) is 4.90 Å². The van der Waals surface area contributed by atoms with Crippen molar-refractivity contribution in [3.63, 3.8) is 0 Å². The molecule has 7 rings (SSSR count). The van der Waals surface area contributed by atoms with Gasteiger partial charge in [0.05, 0.1) is 17.5 Å². The second-order valence-electron chi connectivity index (χ2n) is 8.21. The monoisotopic (exact) mass is 399 g/mol. The van der Waals surface area contributed by atoms with Gasteiger partial charge in [0.2, 0.25) is 11.8 Å². The first kappa shape index (κ1) is 17.0. The Bertz CT molecular complexity index is 1150. The number of hydrogen-bond acceptors (Lipinski definition) is 2. The number of alkyl halides is 1. The van der Waals surface area contributed by atoms with Gasteiger partial charge in [-0.1, -0.05) is 66.2 Å². The van der Waals surface area contributed by atoms with Crippen LogP contribution in [0.2, 0.25) is 0 Å². The number of amides is 2. The van der Waals surface area contributed by atoms with E-state index in [1.807, 2.05) is 67.6 Å². The fraction of sp³-hybridized carbons (Fsp3) is 0.200. The summed E-state index contributed by atoms with van der Waals surface area (Å²) in [6.07, 6.45) is 0. The van der Waals surface area contributed by atoms with Gasteiger partial charge in [0.1, 0.15) is 4.87 Å². The molecule has 0 aromatic heterocycles. The molecule has 3 aliphatic carbocycles. The van der Waals surface area contributed by atoms with Gasteiger partial charge < -0.3 is 0 Å². The van der Waals surface area contributed by atoms with Crippen molar-refractivity contribution < 1.29 is 9.59 Å². The molecule has 4 heteroatoms. The molecule has 2 amide bonds. The molecule has 2 atom stereocenters. The van der Waals surface area contributed by atoms with Gasteiger partial charge in [-0.05, 0) is 41.3 Å². The zero-order chi connectivity index (χ0) is 19.9. The number of hydrogen-bond donors (Lipinski definition) is 0. The van der Waals surface area contributed by atoms with Gasteiger partial charge in [-0.3, -0.25) is 9.59 Å². The largest absolute Gasteiger partial charge is 0.274 e. The first-order valence-electron chi connectivity index (χ1n) is 9.85. The van der Waals surface area contributed by atoms with Gasteiger partial charge in [-0.2, -0.15) is 0 Å². The molecule has 142 valence electrons. The third kappa shape index (κ3) is 1.94. The standard InChI is InChI=1S/C25H18ClNO2/c1-14-10-12-15(13-11-14)27-23(28)21-20-16-6-2-4-8-18(16)25(26,22(21)24(27)29)19-9-5-3-7-17(19)20/h2-13,20-22H,1H3/t20?,21-,22-,25?/m0/s1. The van der Waals surface area contributed by atoms with E-state index in [1.54, 1.807) is 0 Å². The lowest BCUT2D eigenvalue weighted by Gasteiger charge is -2.50. The van der Waals surface area contributed by atoms with Crippen LogP contribution in [0.5, 0.6) is 0 Å². The van der Waals surface area contributed by atoms with E-state index in [0.717, 1.165) is 27.8 Å². The van der Waals surface area contributed by atoms with Crippen LogP contribution in [-0.2, 0) is 14.5 Å². The summed E-state index contributed by atoms with van der Waals surface area (Å²) in [6, 6.07) is 23.5. The summed E-state index contributed by atoms with van der Waals surface area (Å²) in [5.41, 5.74) is 5.74. The van der Waals surface area contributed by atoms with E-state index >= 15 is 0 Å². The number of anilines is 1. The molecule has 3 aromatic rings. The van der Waals surface area contributed by atoms with Crippen molar-refractivity contribution in [2.24, 2.45) is 11.8 Å². The normalized spacial score (nSPS) is 28.9. The summed E-state index contributed by atoms with van der Waals surface area (Å²) < 4.78 is 0. The van der Waals surface area contributed by atoms with Crippen LogP contribution in [0.3, 0.4) is 0 Å². The molecule has 29 heavy (non-hydrogen) atoms. The van der Waals surface area contributed by atoms with Crippen molar-refractivity contribution in [3.05, 3.63) is 101 Å². The summed E-state index contributed by atoms with van der Waals surface area (Å²) in [4.78, 5) is 27.6. The minimum absolute atomic E-state index is 0.150. The van der Waals surface area contributed by atoms with Crippen LogP contribution in [0, 0.1) is 18.8 Å². The number of carbonyl (C=O) groups excluding carboxylic acids is 2. The van der Waals surface area contributed by atoms with Crippen molar-refractivity contribution in [3.8, 4) is 0 Å². The first-order chi connectivity index (χ1) is 14.0. The molecule has 3 nitrogen and oxygen atoms in total. The number of benzene rings is 3. The molecular weight excluding hydrogens is 382 g/mol. The van der Waals surface area contributed by atoms with E-state index in [2.05, 4.69) is 12.1 Å². The van der Waals surface area contributed by atoms with E-state index in [1.165, 1.54) is 4.90 Å². The Morgan fingerprint density at radius 2 is 1.34 bits per heavy atom. The summed E-state index contributed by atoms with van der Waals surface area (Å²) in [7, 11) is 0. The Morgan fingerprint density at radius 3 is 1.93 bits per heavy atom. The minimum Gasteiger partial charge on any atom is -0.274 e. The number of halogens is 1. The van der Waals surface area contributed by atoms with Crippen molar-refractivity contribution in [1.82, 2.24) is 0 Å². The van der Waals surface area contributed by atoms with Crippen molar-refractivity contribution in [1.29, 1.82) is 0 Å². The molecule has 1 saturated heterocycles. The van der Waals surface area contributed by atoms with Gasteiger partial charge >= 0.3 is 0 Å². The fourth-order valence-corrected chi connectivity index (χ4v) is 6.20. The maximum absolute atomic E-state index is 13.7. The van der Waals surface area contributed by atoms with E-state index in [-0.39, 0.29) is 17.7 Å². The highest BCUT2D eigenvalue weighted by Crippen LogP contribution is 2.65. The zero-order valence-corrected chi connectivity index (χ0v) is 16.6.